The number of aliphatic hydroxyl groups is 1. The average Bonchev–Trinajstić information content (AvgIpc) is 2.83. The lowest BCUT2D eigenvalue weighted by Gasteiger charge is -2.08. The van der Waals surface area contributed by atoms with Crippen molar-refractivity contribution in [2.45, 2.75) is 6.10 Å². The first-order chi connectivity index (χ1) is 15.5. The molecular formula is C25H22N2O5. The van der Waals surface area contributed by atoms with Gasteiger partial charge in [-0.2, -0.15) is 5.10 Å². The fourth-order valence-electron chi connectivity index (χ4n) is 2.71. The third kappa shape index (κ3) is 6.65. The molecule has 162 valence electrons. The lowest BCUT2D eigenvalue weighted by atomic mass is 10.1. The number of carbonyl (C=O) groups excluding carboxylic acids is 2. The summed E-state index contributed by atoms with van der Waals surface area (Å²) in [7, 11) is 1.59. The highest BCUT2D eigenvalue weighted by atomic mass is 16.5. The van der Waals surface area contributed by atoms with Crippen molar-refractivity contribution in [3.05, 3.63) is 102 Å². The van der Waals surface area contributed by atoms with Gasteiger partial charge in [0.1, 0.15) is 11.5 Å². The predicted octanol–water partition coefficient (Wildman–Crippen LogP) is 3.50. The van der Waals surface area contributed by atoms with Crippen LogP contribution < -0.4 is 14.9 Å². The Morgan fingerprint density at radius 2 is 1.69 bits per heavy atom. The Labute approximate surface area is 185 Å². The number of aliphatic hydroxyl groups excluding tert-OH is 1. The fourth-order valence-corrected chi connectivity index (χ4v) is 2.71. The van der Waals surface area contributed by atoms with E-state index in [1.807, 2.05) is 12.1 Å². The Morgan fingerprint density at radius 3 is 2.41 bits per heavy atom. The van der Waals surface area contributed by atoms with Crippen LogP contribution in [0, 0.1) is 0 Å². The van der Waals surface area contributed by atoms with Gasteiger partial charge in [-0.15, -0.1) is 0 Å². The molecule has 1 atom stereocenters. The summed E-state index contributed by atoms with van der Waals surface area (Å²) in [5.74, 6) is -0.129. The zero-order valence-corrected chi connectivity index (χ0v) is 17.3. The maximum absolute atomic E-state index is 12.1. The molecule has 3 aromatic carbocycles. The fraction of sp³-hybridized carbons (Fsp3) is 0.0800. The van der Waals surface area contributed by atoms with Gasteiger partial charge in [0.15, 0.2) is 6.10 Å². The molecule has 0 bridgehead atoms. The van der Waals surface area contributed by atoms with Crippen LogP contribution in [0.2, 0.25) is 0 Å². The number of ether oxygens (including phenoxy) is 2. The molecule has 0 aromatic heterocycles. The Kier molecular flexibility index (Phi) is 7.89. The van der Waals surface area contributed by atoms with Crippen LogP contribution in [0.5, 0.6) is 11.5 Å². The van der Waals surface area contributed by atoms with Gasteiger partial charge in [0.05, 0.1) is 13.3 Å². The van der Waals surface area contributed by atoms with E-state index in [2.05, 4.69) is 10.5 Å². The first kappa shape index (κ1) is 22.5. The highest BCUT2D eigenvalue weighted by molar-refractivity contribution is 5.89. The van der Waals surface area contributed by atoms with Crippen molar-refractivity contribution in [2.24, 2.45) is 5.10 Å². The monoisotopic (exact) mass is 430 g/mol. The second kappa shape index (κ2) is 11.2. The van der Waals surface area contributed by atoms with E-state index < -0.39 is 18.0 Å². The molecule has 0 aliphatic rings. The topological polar surface area (TPSA) is 97.2 Å². The Hall–Kier alpha value is -4.23. The van der Waals surface area contributed by atoms with Gasteiger partial charge in [-0.1, -0.05) is 54.6 Å². The zero-order valence-electron chi connectivity index (χ0n) is 17.3. The van der Waals surface area contributed by atoms with Gasteiger partial charge in [0.2, 0.25) is 0 Å². The third-order valence-corrected chi connectivity index (χ3v) is 4.36. The number of rotatable bonds is 8. The molecule has 0 radical (unpaired) electrons. The number of benzene rings is 3. The van der Waals surface area contributed by atoms with Crippen molar-refractivity contribution in [1.29, 1.82) is 0 Å². The van der Waals surface area contributed by atoms with Crippen LogP contribution in [0.4, 0.5) is 0 Å². The van der Waals surface area contributed by atoms with Gasteiger partial charge >= 0.3 is 5.97 Å². The van der Waals surface area contributed by atoms with E-state index >= 15 is 0 Å². The molecule has 7 nitrogen and oxygen atoms in total. The minimum Gasteiger partial charge on any atom is -0.497 e. The summed E-state index contributed by atoms with van der Waals surface area (Å²) in [6.45, 7) is 0. The van der Waals surface area contributed by atoms with Crippen LogP contribution in [-0.2, 0) is 9.59 Å². The number of methoxy groups -OCH3 is 1. The molecule has 0 saturated heterocycles. The Bertz CT molecular complexity index is 1110. The molecule has 2 N–H and O–H groups in total. The molecule has 1 amide bonds. The van der Waals surface area contributed by atoms with Crippen LogP contribution in [0.1, 0.15) is 22.8 Å². The third-order valence-electron chi connectivity index (χ3n) is 4.36. The standard InChI is InChI=1S/C25H22N2O5/c1-31-21-13-10-18(11-14-21)12-15-23(28)32-22-9-5-6-19(16-22)17-26-27-25(30)24(29)20-7-3-2-4-8-20/h2-17,24,29H,1H3,(H,27,30)/b15-12+,26-17-/t24-/m1/s1. The van der Waals surface area contributed by atoms with Crippen molar-refractivity contribution in [1.82, 2.24) is 5.43 Å². The summed E-state index contributed by atoms with van der Waals surface area (Å²) in [5.41, 5.74) is 4.19. The summed E-state index contributed by atoms with van der Waals surface area (Å²) in [6.07, 6.45) is 3.03. The SMILES string of the molecule is COc1ccc(/C=C/C(=O)Oc2cccc(/C=N\NC(=O)[C@H](O)c3ccccc3)c2)cc1. The normalized spacial score (nSPS) is 11.9. The number of esters is 1. The first-order valence-corrected chi connectivity index (χ1v) is 9.75. The molecule has 3 aromatic rings. The molecule has 32 heavy (non-hydrogen) atoms. The lowest BCUT2D eigenvalue weighted by Crippen LogP contribution is -2.25. The highest BCUT2D eigenvalue weighted by Gasteiger charge is 2.15. The quantitative estimate of drug-likeness (QED) is 0.187. The van der Waals surface area contributed by atoms with E-state index in [1.54, 1.807) is 79.9 Å². The summed E-state index contributed by atoms with van der Waals surface area (Å²) < 4.78 is 10.4. The van der Waals surface area contributed by atoms with Crippen molar-refractivity contribution >= 4 is 24.2 Å². The van der Waals surface area contributed by atoms with Gasteiger partial charge in [-0.05, 0) is 47.0 Å². The van der Waals surface area contributed by atoms with E-state index in [9.17, 15) is 14.7 Å². The van der Waals surface area contributed by atoms with E-state index in [1.165, 1.54) is 12.3 Å². The van der Waals surface area contributed by atoms with Gasteiger partial charge < -0.3 is 14.6 Å². The number of amides is 1. The summed E-state index contributed by atoms with van der Waals surface area (Å²) in [6, 6.07) is 22.4. The Morgan fingerprint density at radius 1 is 0.938 bits per heavy atom. The number of nitrogens with one attached hydrogen (secondary N) is 1. The summed E-state index contributed by atoms with van der Waals surface area (Å²) in [4.78, 5) is 24.1. The highest BCUT2D eigenvalue weighted by Crippen LogP contribution is 2.15. The maximum atomic E-state index is 12.1. The van der Waals surface area contributed by atoms with Gasteiger partial charge in [0, 0.05) is 6.08 Å². The molecule has 0 fully saturated rings. The van der Waals surface area contributed by atoms with Crippen LogP contribution in [-0.4, -0.2) is 30.3 Å². The number of carbonyl (C=O) groups is 2. The number of hydrazone groups is 1. The van der Waals surface area contributed by atoms with Crippen molar-refractivity contribution in [3.63, 3.8) is 0 Å². The van der Waals surface area contributed by atoms with Crippen molar-refractivity contribution in [3.8, 4) is 11.5 Å². The predicted molar refractivity (Wildman–Crippen MR) is 121 cm³/mol. The van der Waals surface area contributed by atoms with Gasteiger partial charge in [0.25, 0.3) is 5.91 Å². The number of hydrogen-bond acceptors (Lipinski definition) is 6. The molecular weight excluding hydrogens is 408 g/mol. The minimum atomic E-state index is -1.32. The largest absolute Gasteiger partial charge is 0.497 e. The lowest BCUT2D eigenvalue weighted by molar-refractivity contribution is -0.130. The molecule has 0 saturated carbocycles. The molecule has 0 aliphatic heterocycles. The van der Waals surface area contributed by atoms with Crippen molar-refractivity contribution < 1.29 is 24.2 Å². The number of hydrogen-bond donors (Lipinski definition) is 2. The van der Waals surface area contributed by atoms with Crippen LogP contribution >= 0.6 is 0 Å². The number of nitrogens with zero attached hydrogens (tertiary/aromatic N) is 1. The molecule has 0 unspecified atom stereocenters. The minimum absolute atomic E-state index is 0.328. The molecule has 0 aliphatic carbocycles. The molecule has 0 spiro atoms. The molecule has 3 rings (SSSR count). The van der Waals surface area contributed by atoms with Gasteiger partial charge in [-0.25, -0.2) is 10.2 Å². The van der Waals surface area contributed by atoms with Crippen LogP contribution in [0.3, 0.4) is 0 Å². The van der Waals surface area contributed by atoms with E-state index in [0.717, 1.165) is 11.3 Å². The van der Waals surface area contributed by atoms with Crippen molar-refractivity contribution in [2.75, 3.05) is 7.11 Å². The Balaban J connectivity index is 1.54. The first-order valence-electron chi connectivity index (χ1n) is 9.75. The second-order valence-electron chi connectivity index (χ2n) is 6.65. The molecule has 0 heterocycles. The average molecular weight is 430 g/mol. The smallest absolute Gasteiger partial charge is 0.336 e. The molecule has 7 heteroatoms. The van der Waals surface area contributed by atoms with Crippen LogP contribution in [0.25, 0.3) is 6.08 Å². The van der Waals surface area contributed by atoms with E-state index in [0.29, 0.717) is 16.9 Å². The van der Waals surface area contributed by atoms with Gasteiger partial charge in [-0.3, -0.25) is 4.79 Å². The zero-order chi connectivity index (χ0) is 22.8. The van der Waals surface area contributed by atoms with E-state index in [-0.39, 0.29) is 0 Å². The second-order valence-corrected chi connectivity index (χ2v) is 6.65. The maximum Gasteiger partial charge on any atom is 0.336 e. The summed E-state index contributed by atoms with van der Waals surface area (Å²) >= 11 is 0. The van der Waals surface area contributed by atoms with Crippen LogP contribution in [0.15, 0.2) is 90.0 Å². The summed E-state index contributed by atoms with van der Waals surface area (Å²) in [5, 5.41) is 13.9. The van der Waals surface area contributed by atoms with E-state index in [4.69, 9.17) is 9.47 Å².